The number of fused-ring (bicyclic) bond motifs is 1. The molecule has 7 nitrogen and oxygen atoms in total. The number of halogens is 1. The number of hydrogen-bond donors (Lipinski definition) is 1. The highest BCUT2D eigenvalue weighted by Gasteiger charge is 2.32. The topological polar surface area (TPSA) is 86.8 Å². The highest BCUT2D eigenvalue weighted by Crippen LogP contribution is 2.23. The molecule has 0 aromatic heterocycles. The summed E-state index contributed by atoms with van der Waals surface area (Å²) in [5.41, 5.74) is 0.670. The average molecular weight is 530 g/mol. The molecule has 0 aliphatic heterocycles. The van der Waals surface area contributed by atoms with Crippen LogP contribution in [0.1, 0.15) is 32.8 Å². The van der Waals surface area contributed by atoms with Crippen LogP contribution in [0.4, 0.5) is 0 Å². The molecule has 0 spiro atoms. The molecule has 0 aliphatic rings. The van der Waals surface area contributed by atoms with E-state index >= 15 is 0 Å². The van der Waals surface area contributed by atoms with Gasteiger partial charge in [0.2, 0.25) is 21.8 Å². The number of sulfonamides is 1. The average Bonchev–Trinajstić information content (AvgIpc) is 2.84. The van der Waals surface area contributed by atoms with Crippen LogP contribution in [0.5, 0.6) is 0 Å². The third kappa shape index (κ3) is 6.43. The van der Waals surface area contributed by atoms with Crippen molar-refractivity contribution in [1.29, 1.82) is 0 Å². The summed E-state index contributed by atoms with van der Waals surface area (Å²) in [6, 6.07) is 18.5. The van der Waals surface area contributed by atoms with Gasteiger partial charge in [0.25, 0.3) is 0 Å². The summed E-state index contributed by atoms with van der Waals surface area (Å²) in [7, 11) is -2.59. The van der Waals surface area contributed by atoms with Gasteiger partial charge >= 0.3 is 0 Å². The van der Waals surface area contributed by atoms with Crippen molar-refractivity contribution in [1.82, 2.24) is 14.5 Å². The van der Waals surface area contributed by atoms with E-state index in [2.05, 4.69) is 5.32 Å². The van der Waals surface area contributed by atoms with Crippen molar-refractivity contribution in [2.24, 2.45) is 0 Å². The zero-order chi connectivity index (χ0) is 26.5. The summed E-state index contributed by atoms with van der Waals surface area (Å²) in [6.45, 7) is 5.15. The molecule has 2 amide bonds. The van der Waals surface area contributed by atoms with Gasteiger partial charge in [-0.2, -0.15) is 4.31 Å². The lowest BCUT2D eigenvalue weighted by Crippen LogP contribution is -2.52. The Kier molecular flexibility index (Phi) is 9.11. The number of carbonyl (C=O) groups excluding carboxylic acids is 2. The predicted octanol–water partition coefficient (Wildman–Crippen LogP) is 4.45. The fourth-order valence-electron chi connectivity index (χ4n) is 3.98. The van der Waals surface area contributed by atoms with E-state index in [1.807, 2.05) is 45.0 Å². The number of hydrogen-bond acceptors (Lipinski definition) is 4. The van der Waals surface area contributed by atoms with Crippen LogP contribution in [-0.2, 0) is 26.2 Å². The second-order valence-corrected chi connectivity index (χ2v) is 11.4. The zero-order valence-corrected chi connectivity index (χ0v) is 22.5. The lowest BCUT2D eigenvalue weighted by atomic mass is 10.1. The molecule has 0 saturated carbocycles. The lowest BCUT2D eigenvalue weighted by molar-refractivity contribution is -0.141. The molecule has 0 aliphatic carbocycles. The minimum atomic E-state index is -3.95. The summed E-state index contributed by atoms with van der Waals surface area (Å²) in [6.07, 6.45) is 0.357. The smallest absolute Gasteiger partial charge is 0.243 e. The van der Waals surface area contributed by atoms with Crippen molar-refractivity contribution in [3.05, 3.63) is 77.3 Å². The van der Waals surface area contributed by atoms with Crippen molar-refractivity contribution in [3.63, 3.8) is 0 Å². The first kappa shape index (κ1) is 27.6. The molecule has 1 atom stereocenters. The Labute approximate surface area is 218 Å². The Morgan fingerprint density at radius 2 is 1.61 bits per heavy atom. The van der Waals surface area contributed by atoms with Crippen LogP contribution in [-0.4, -0.2) is 55.1 Å². The molecule has 3 rings (SSSR count). The standard InChI is InChI=1S/C27H32ClN3O4S/c1-5-25(27(33)29-19(2)3)31(17-22-12-8-9-13-24(22)28)26(32)18-30(4)36(34,35)23-15-14-20-10-6-7-11-21(20)16-23/h6-16,19,25H,5,17-18H2,1-4H3,(H,29,33)/t25-/m0/s1. The number of amides is 2. The van der Waals surface area contributed by atoms with Crippen LogP contribution in [0.25, 0.3) is 10.8 Å². The molecular formula is C27H32ClN3O4S. The number of benzene rings is 3. The predicted molar refractivity (Wildman–Crippen MR) is 143 cm³/mol. The molecule has 0 radical (unpaired) electrons. The van der Waals surface area contributed by atoms with E-state index in [-0.39, 0.29) is 23.4 Å². The van der Waals surface area contributed by atoms with Crippen molar-refractivity contribution in [3.8, 4) is 0 Å². The Balaban J connectivity index is 1.90. The maximum atomic E-state index is 13.5. The molecule has 3 aromatic rings. The van der Waals surface area contributed by atoms with Crippen LogP contribution in [0.2, 0.25) is 5.02 Å². The second-order valence-electron chi connectivity index (χ2n) is 8.97. The van der Waals surface area contributed by atoms with Crippen molar-refractivity contribution in [2.45, 2.75) is 50.7 Å². The largest absolute Gasteiger partial charge is 0.352 e. The van der Waals surface area contributed by atoms with Gasteiger partial charge in [-0.3, -0.25) is 9.59 Å². The quantitative estimate of drug-likeness (QED) is 0.420. The minimum absolute atomic E-state index is 0.0758. The van der Waals surface area contributed by atoms with E-state index in [9.17, 15) is 18.0 Å². The summed E-state index contributed by atoms with van der Waals surface area (Å²) in [4.78, 5) is 28.0. The van der Waals surface area contributed by atoms with Gasteiger partial charge in [0.15, 0.2) is 0 Å². The van der Waals surface area contributed by atoms with Crippen molar-refractivity contribution in [2.75, 3.05) is 13.6 Å². The number of nitrogens with one attached hydrogen (secondary N) is 1. The fraction of sp³-hybridized carbons (Fsp3) is 0.333. The maximum absolute atomic E-state index is 13.5. The van der Waals surface area contributed by atoms with Gasteiger partial charge in [-0.15, -0.1) is 0 Å². The van der Waals surface area contributed by atoms with Crippen LogP contribution < -0.4 is 5.32 Å². The number of likely N-dealkylation sites (N-methyl/N-ethyl adjacent to an activating group) is 1. The Morgan fingerprint density at radius 1 is 0.972 bits per heavy atom. The van der Waals surface area contributed by atoms with Crippen molar-refractivity contribution >= 4 is 44.2 Å². The normalized spacial score (nSPS) is 12.6. The number of nitrogens with zero attached hydrogens (tertiary/aromatic N) is 2. The van der Waals surface area contributed by atoms with Crippen LogP contribution in [0.15, 0.2) is 71.6 Å². The lowest BCUT2D eigenvalue weighted by Gasteiger charge is -2.32. The summed E-state index contributed by atoms with van der Waals surface area (Å²) < 4.78 is 27.7. The molecule has 36 heavy (non-hydrogen) atoms. The summed E-state index contributed by atoms with van der Waals surface area (Å²) in [5.74, 6) is -0.791. The van der Waals surface area contributed by atoms with Crippen LogP contribution in [0, 0.1) is 0 Å². The zero-order valence-electron chi connectivity index (χ0n) is 20.9. The first-order valence-electron chi connectivity index (χ1n) is 11.8. The first-order chi connectivity index (χ1) is 17.0. The fourth-order valence-corrected chi connectivity index (χ4v) is 5.34. The molecule has 0 heterocycles. The Hall–Kier alpha value is -2.94. The van der Waals surface area contributed by atoms with Gasteiger partial charge in [-0.05, 0) is 54.8 Å². The van der Waals surface area contributed by atoms with E-state index in [1.165, 1.54) is 18.0 Å². The molecule has 0 saturated heterocycles. The number of rotatable bonds is 10. The third-order valence-corrected chi connectivity index (χ3v) is 8.07. The van der Waals surface area contributed by atoms with Gasteiger partial charge < -0.3 is 10.2 Å². The highest BCUT2D eigenvalue weighted by molar-refractivity contribution is 7.89. The minimum Gasteiger partial charge on any atom is -0.352 e. The third-order valence-electron chi connectivity index (χ3n) is 5.90. The van der Waals surface area contributed by atoms with Gasteiger partial charge in [0.05, 0.1) is 11.4 Å². The van der Waals surface area contributed by atoms with Crippen LogP contribution in [0.3, 0.4) is 0 Å². The summed E-state index contributed by atoms with van der Waals surface area (Å²) in [5, 5.41) is 5.03. The van der Waals surface area contributed by atoms with Crippen LogP contribution >= 0.6 is 11.6 Å². The Bertz CT molecular complexity index is 1340. The molecule has 0 bridgehead atoms. The van der Waals surface area contributed by atoms with E-state index in [0.29, 0.717) is 17.0 Å². The monoisotopic (exact) mass is 529 g/mol. The highest BCUT2D eigenvalue weighted by atomic mass is 35.5. The van der Waals surface area contributed by atoms with E-state index < -0.39 is 28.5 Å². The number of carbonyl (C=O) groups is 2. The SMILES string of the molecule is CC[C@@H](C(=O)NC(C)C)N(Cc1ccccc1Cl)C(=O)CN(C)S(=O)(=O)c1ccc2ccccc2c1. The van der Waals surface area contributed by atoms with E-state index in [0.717, 1.165) is 15.1 Å². The Morgan fingerprint density at radius 3 is 2.25 bits per heavy atom. The first-order valence-corrected chi connectivity index (χ1v) is 13.6. The summed E-state index contributed by atoms with van der Waals surface area (Å²) >= 11 is 6.35. The van der Waals surface area contributed by atoms with E-state index in [4.69, 9.17) is 11.6 Å². The molecule has 9 heteroatoms. The molecule has 1 N–H and O–H groups in total. The van der Waals surface area contributed by atoms with Crippen molar-refractivity contribution < 1.29 is 18.0 Å². The molecule has 192 valence electrons. The second kappa shape index (κ2) is 11.9. The van der Waals surface area contributed by atoms with E-state index in [1.54, 1.807) is 36.4 Å². The van der Waals surface area contributed by atoms with Gasteiger partial charge in [-0.25, -0.2) is 8.42 Å². The maximum Gasteiger partial charge on any atom is 0.243 e. The van der Waals surface area contributed by atoms with Gasteiger partial charge in [-0.1, -0.05) is 67.1 Å². The molecular weight excluding hydrogens is 498 g/mol. The molecule has 0 fully saturated rings. The molecule has 0 unspecified atom stereocenters. The molecule has 3 aromatic carbocycles. The van der Waals surface area contributed by atoms with Gasteiger partial charge in [0.1, 0.15) is 6.04 Å². The van der Waals surface area contributed by atoms with Gasteiger partial charge in [0, 0.05) is 24.7 Å².